The molecule has 330 valence electrons. The van der Waals surface area contributed by atoms with Crippen molar-refractivity contribution in [1.29, 1.82) is 0 Å². The number of para-hydroxylation sites is 1. The Bertz CT molecular complexity index is 3570. The maximum absolute atomic E-state index is 6.80. The summed E-state index contributed by atoms with van der Waals surface area (Å²) >= 11 is 0. The van der Waals surface area contributed by atoms with Crippen molar-refractivity contribution < 1.29 is 4.42 Å². The van der Waals surface area contributed by atoms with E-state index in [0.29, 0.717) is 0 Å². The number of hydrogen-bond donors (Lipinski definition) is 0. The van der Waals surface area contributed by atoms with E-state index in [2.05, 4.69) is 218 Å². The Labute approximate surface area is 396 Å². The predicted octanol–water partition coefficient (Wildman–Crippen LogP) is 16.1. The van der Waals surface area contributed by atoms with Crippen molar-refractivity contribution in [2.75, 3.05) is 9.71 Å². The molecule has 4 aliphatic rings. The summed E-state index contributed by atoms with van der Waals surface area (Å²) in [5.74, 6) is 0. The van der Waals surface area contributed by atoms with Crippen LogP contribution in [0.25, 0.3) is 55.0 Å². The van der Waals surface area contributed by atoms with Crippen LogP contribution in [0, 0.1) is 6.92 Å². The van der Waals surface area contributed by atoms with Crippen molar-refractivity contribution in [3.63, 3.8) is 0 Å². The van der Waals surface area contributed by atoms with Crippen LogP contribution in [0.2, 0.25) is 0 Å². The van der Waals surface area contributed by atoms with Crippen LogP contribution in [0.3, 0.4) is 0 Å². The monoisotopic (exact) mass is 870 g/mol. The molecule has 0 saturated heterocycles. The lowest BCUT2D eigenvalue weighted by Gasteiger charge is -2.48. The quantitative estimate of drug-likeness (QED) is 0.165. The number of nitrogens with zero attached hydrogens (tertiary/aromatic N) is 2. The fraction of sp³-hybridized carbons (Fsp3) is 0.270. The van der Waals surface area contributed by atoms with Crippen LogP contribution in [0.4, 0.5) is 28.4 Å². The van der Waals surface area contributed by atoms with E-state index in [-0.39, 0.29) is 28.5 Å². The highest BCUT2D eigenvalue weighted by atomic mass is 16.3. The van der Waals surface area contributed by atoms with Crippen molar-refractivity contribution in [3.05, 3.63) is 173 Å². The van der Waals surface area contributed by atoms with Gasteiger partial charge in [0.05, 0.1) is 0 Å². The molecule has 0 saturated carbocycles. The zero-order valence-corrected chi connectivity index (χ0v) is 40.6. The first kappa shape index (κ1) is 40.7. The number of furan rings is 1. The van der Waals surface area contributed by atoms with Gasteiger partial charge >= 0.3 is 6.85 Å². The van der Waals surface area contributed by atoms with Crippen LogP contribution in [0.5, 0.6) is 0 Å². The minimum atomic E-state index is -0.140. The molecule has 0 atom stereocenters. The highest BCUT2D eigenvalue weighted by molar-refractivity contribution is 6.94. The largest absolute Gasteiger partial charge is 0.456 e. The maximum Gasteiger partial charge on any atom is 0.333 e. The van der Waals surface area contributed by atoms with Gasteiger partial charge in [0.15, 0.2) is 0 Å². The lowest BCUT2D eigenvalue weighted by Crippen LogP contribution is -2.61. The number of hydrogen-bond acceptors (Lipinski definition) is 3. The van der Waals surface area contributed by atoms with Gasteiger partial charge in [-0.15, -0.1) is 0 Å². The van der Waals surface area contributed by atoms with Gasteiger partial charge in [-0.25, -0.2) is 0 Å². The highest BCUT2D eigenvalue weighted by Gasteiger charge is 2.48. The van der Waals surface area contributed by atoms with Gasteiger partial charge in [0.1, 0.15) is 11.2 Å². The lowest BCUT2D eigenvalue weighted by atomic mass is 9.43. The fourth-order valence-electron chi connectivity index (χ4n) is 13.0. The molecular formula is C63H59BN2O. The molecule has 4 heteroatoms. The van der Waals surface area contributed by atoms with Crippen LogP contribution >= 0.6 is 0 Å². The predicted molar refractivity (Wildman–Crippen MR) is 286 cm³/mol. The smallest absolute Gasteiger partial charge is 0.333 e. The highest BCUT2D eigenvalue weighted by Crippen LogP contribution is 2.56. The summed E-state index contributed by atoms with van der Waals surface area (Å²) in [7, 11) is 0. The second kappa shape index (κ2) is 13.8. The average Bonchev–Trinajstić information content (AvgIpc) is 3.71. The Morgan fingerprint density at radius 1 is 0.463 bits per heavy atom. The molecule has 67 heavy (non-hydrogen) atoms. The molecule has 3 heterocycles. The van der Waals surface area contributed by atoms with Crippen molar-refractivity contribution >= 4 is 78.9 Å². The molecule has 0 unspecified atom stereocenters. The van der Waals surface area contributed by atoms with Crippen molar-refractivity contribution in [1.82, 2.24) is 0 Å². The zero-order valence-electron chi connectivity index (χ0n) is 40.6. The van der Waals surface area contributed by atoms with Crippen molar-refractivity contribution in [3.8, 4) is 22.3 Å². The van der Waals surface area contributed by atoms with E-state index in [4.69, 9.17) is 4.42 Å². The average molecular weight is 871 g/mol. The van der Waals surface area contributed by atoms with Gasteiger partial charge < -0.3 is 14.1 Å². The standard InChI is InChI=1S/C63H59BN2O/c1-38-33-46-48(63(8,9)32-31-61(46,4)5)37-52(38)65-50-26-23-40(39-17-11-10-12-18-39)34-49(50)64-59-53(65)35-41-19-13-14-20-43(41)57(59)58-51(27-28-55-56(58)44-21-15-16-22-54(44)67-55)66(64)42-24-25-45-47(36-42)62(6,7)30-29-60(45,2)3/h10-28,33-37H,29-32H2,1-9H3. The summed E-state index contributed by atoms with van der Waals surface area (Å²) in [5.41, 5.74) is 23.2. The third kappa shape index (κ3) is 5.78. The Balaban J connectivity index is 1.20. The van der Waals surface area contributed by atoms with Gasteiger partial charge in [-0.3, -0.25) is 0 Å². The van der Waals surface area contributed by atoms with Gasteiger partial charge in [-0.1, -0.05) is 152 Å². The van der Waals surface area contributed by atoms with Crippen LogP contribution in [-0.2, 0) is 21.7 Å². The molecule has 2 aliphatic carbocycles. The summed E-state index contributed by atoms with van der Waals surface area (Å²) in [6.45, 7) is 21.8. The third-order valence-electron chi connectivity index (χ3n) is 17.1. The van der Waals surface area contributed by atoms with E-state index >= 15 is 0 Å². The molecule has 13 rings (SSSR count). The third-order valence-corrected chi connectivity index (χ3v) is 17.1. The van der Waals surface area contributed by atoms with E-state index in [0.717, 1.165) is 29.4 Å². The van der Waals surface area contributed by atoms with Crippen molar-refractivity contribution in [2.24, 2.45) is 0 Å². The van der Waals surface area contributed by atoms with Gasteiger partial charge in [-0.05, 0) is 169 Å². The van der Waals surface area contributed by atoms with Crippen LogP contribution < -0.4 is 20.6 Å². The molecule has 0 fully saturated rings. The minimum absolute atomic E-state index is 0.0392. The normalized spacial score (nSPS) is 18.1. The Hall–Kier alpha value is -6.52. The molecule has 9 aromatic rings. The van der Waals surface area contributed by atoms with Gasteiger partial charge in [0.25, 0.3) is 0 Å². The first-order valence-corrected chi connectivity index (χ1v) is 24.7. The number of anilines is 5. The number of aryl methyl sites for hydroxylation is 1. The molecule has 8 aromatic carbocycles. The molecule has 2 aliphatic heterocycles. The van der Waals surface area contributed by atoms with Gasteiger partial charge in [0.2, 0.25) is 0 Å². The second-order valence-electron chi connectivity index (χ2n) is 23.0. The Kier molecular flexibility index (Phi) is 8.38. The summed E-state index contributed by atoms with van der Waals surface area (Å²) in [6.07, 6.45) is 4.68. The fourth-order valence-corrected chi connectivity index (χ4v) is 13.0. The van der Waals surface area contributed by atoms with E-state index in [1.54, 1.807) is 0 Å². The summed E-state index contributed by atoms with van der Waals surface area (Å²) in [5, 5.41) is 4.84. The first-order chi connectivity index (χ1) is 32.1. The maximum atomic E-state index is 6.80. The molecule has 0 bridgehead atoms. The SMILES string of the molecule is Cc1cc2c(cc1N1c3ccc(-c4ccccc4)cc3B3c4c1cc1ccccc1c4-c1c(ccc4oc5ccccc5c14)N3c1ccc3c(c1)C(C)(C)CCC3(C)C)C(C)(C)CCC2(C)C. The molecule has 3 nitrogen and oxygen atoms in total. The van der Waals surface area contributed by atoms with E-state index < -0.39 is 0 Å². The van der Waals surface area contributed by atoms with Crippen LogP contribution in [0.15, 0.2) is 150 Å². The molecule has 0 N–H and O–H groups in total. The molecular weight excluding hydrogens is 812 g/mol. The Morgan fingerprint density at radius 2 is 1.09 bits per heavy atom. The van der Waals surface area contributed by atoms with E-state index in [1.807, 2.05) is 0 Å². The summed E-state index contributed by atoms with van der Waals surface area (Å²) in [4.78, 5) is 5.39. The summed E-state index contributed by atoms with van der Waals surface area (Å²) < 4.78 is 6.80. The van der Waals surface area contributed by atoms with E-state index in [1.165, 1.54) is 118 Å². The lowest BCUT2D eigenvalue weighted by molar-refractivity contribution is 0.332. The van der Waals surface area contributed by atoms with Gasteiger partial charge in [0, 0.05) is 44.8 Å². The number of benzene rings is 8. The molecule has 0 spiro atoms. The first-order valence-electron chi connectivity index (χ1n) is 24.7. The number of rotatable bonds is 3. The molecule has 0 amide bonds. The molecule has 1 aromatic heterocycles. The Morgan fingerprint density at radius 3 is 1.84 bits per heavy atom. The van der Waals surface area contributed by atoms with Gasteiger partial charge in [-0.2, -0.15) is 0 Å². The van der Waals surface area contributed by atoms with Crippen molar-refractivity contribution in [2.45, 2.75) is 110 Å². The topological polar surface area (TPSA) is 19.6 Å². The van der Waals surface area contributed by atoms with Crippen LogP contribution in [0.1, 0.15) is 109 Å². The zero-order chi connectivity index (χ0) is 45.9. The minimum Gasteiger partial charge on any atom is -0.456 e. The second-order valence-corrected chi connectivity index (χ2v) is 23.0. The summed E-state index contributed by atoms with van der Waals surface area (Å²) in [6, 6.07) is 55.8. The van der Waals surface area contributed by atoms with E-state index in [9.17, 15) is 0 Å². The number of fused-ring (bicyclic) bond motifs is 12. The van der Waals surface area contributed by atoms with Crippen LogP contribution in [-0.4, -0.2) is 6.85 Å². The molecule has 0 radical (unpaired) electrons.